The van der Waals surface area contributed by atoms with Gasteiger partial charge in [-0.15, -0.1) is 0 Å². The van der Waals surface area contributed by atoms with Crippen LogP contribution in [0.1, 0.15) is 45.2 Å². The molecular formula is C17H23NO2. The molecule has 0 N–H and O–H groups in total. The van der Waals surface area contributed by atoms with Gasteiger partial charge in [-0.3, -0.25) is 0 Å². The number of nitrogens with zero attached hydrogens (tertiary/aromatic N) is 1. The third kappa shape index (κ3) is 2.24. The summed E-state index contributed by atoms with van der Waals surface area (Å²) in [6, 6.07) is 5.79. The van der Waals surface area contributed by atoms with E-state index in [1.54, 1.807) is 13.2 Å². The number of benzene rings is 1. The summed E-state index contributed by atoms with van der Waals surface area (Å²) in [5, 5.41) is 9.10. The molecular weight excluding hydrogens is 250 g/mol. The van der Waals surface area contributed by atoms with E-state index in [-0.39, 0.29) is 16.9 Å². The fourth-order valence-corrected chi connectivity index (χ4v) is 3.88. The molecule has 0 spiro atoms. The van der Waals surface area contributed by atoms with Crippen LogP contribution in [0.4, 0.5) is 0 Å². The Morgan fingerprint density at radius 2 is 1.80 bits per heavy atom. The Labute approximate surface area is 121 Å². The minimum atomic E-state index is 0.173. The summed E-state index contributed by atoms with van der Waals surface area (Å²) in [5.41, 5.74) is 1.79. The summed E-state index contributed by atoms with van der Waals surface area (Å²) in [4.78, 5) is 0. The Balaban J connectivity index is 2.34. The van der Waals surface area contributed by atoms with Crippen LogP contribution in [0.3, 0.4) is 0 Å². The third-order valence-corrected chi connectivity index (χ3v) is 4.26. The molecule has 1 saturated carbocycles. The standard InChI is InChI=1S/C17H23NO2/c1-11-13(8-7-12(9-18)14(11)19-6)20-15-16(2,3)10-17(15,4)5/h7-8,15H,10H2,1-6H3. The lowest BCUT2D eigenvalue weighted by molar-refractivity contribution is -0.134. The first kappa shape index (κ1) is 14.7. The zero-order valence-electron chi connectivity index (χ0n) is 13.2. The van der Waals surface area contributed by atoms with Gasteiger partial charge >= 0.3 is 0 Å². The molecule has 1 fully saturated rings. The summed E-state index contributed by atoms with van der Waals surface area (Å²) < 4.78 is 11.6. The van der Waals surface area contributed by atoms with Crippen molar-refractivity contribution in [2.45, 2.75) is 47.1 Å². The molecule has 20 heavy (non-hydrogen) atoms. The van der Waals surface area contributed by atoms with Crippen LogP contribution in [0, 0.1) is 29.1 Å². The van der Waals surface area contributed by atoms with Crippen LogP contribution < -0.4 is 9.47 Å². The Kier molecular flexibility index (Phi) is 3.46. The summed E-state index contributed by atoms with van der Waals surface area (Å²) in [6.45, 7) is 10.9. The minimum Gasteiger partial charge on any atom is -0.495 e. The third-order valence-electron chi connectivity index (χ3n) is 4.26. The van der Waals surface area contributed by atoms with E-state index in [2.05, 4.69) is 33.8 Å². The lowest BCUT2D eigenvalue weighted by atomic mass is 9.53. The summed E-state index contributed by atoms with van der Waals surface area (Å²) in [5.74, 6) is 1.42. The Bertz CT molecular complexity index is 553. The maximum Gasteiger partial charge on any atom is 0.143 e. The Morgan fingerprint density at radius 1 is 1.20 bits per heavy atom. The van der Waals surface area contributed by atoms with Gasteiger partial charge in [0.2, 0.25) is 0 Å². The predicted octanol–water partition coefficient (Wildman–Crippen LogP) is 4.08. The van der Waals surface area contributed by atoms with E-state index in [1.165, 1.54) is 0 Å². The van der Waals surface area contributed by atoms with Crippen LogP contribution in [0.15, 0.2) is 12.1 Å². The molecule has 0 aliphatic heterocycles. The van der Waals surface area contributed by atoms with Crippen molar-refractivity contribution in [2.75, 3.05) is 7.11 Å². The number of ether oxygens (including phenoxy) is 2. The van der Waals surface area contributed by atoms with Crippen LogP contribution >= 0.6 is 0 Å². The van der Waals surface area contributed by atoms with Gasteiger partial charge in [-0.25, -0.2) is 0 Å². The van der Waals surface area contributed by atoms with Gasteiger partial charge in [0.05, 0.1) is 12.7 Å². The van der Waals surface area contributed by atoms with Crippen molar-refractivity contribution in [3.05, 3.63) is 23.3 Å². The molecule has 0 radical (unpaired) electrons. The first-order chi connectivity index (χ1) is 9.23. The van der Waals surface area contributed by atoms with Crippen molar-refractivity contribution < 1.29 is 9.47 Å². The number of hydrogen-bond acceptors (Lipinski definition) is 3. The first-order valence-corrected chi connectivity index (χ1v) is 6.97. The van der Waals surface area contributed by atoms with E-state index in [1.807, 2.05) is 13.0 Å². The van der Waals surface area contributed by atoms with E-state index in [0.717, 1.165) is 17.7 Å². The topological polar surface area (TPSA) is 42.2 Å². The average molecular weight is 273 g/mol. The van der Waals surface area contributed by atoms with Gasteiger partial charge in [-0.05, 0) is 25.5 Å². The van der Waals surface area contributed by atoms with E-state index in [0.29, 0.717) is 11.3 Å². The smallest absolute Gasteiger partial charge is 0.143 e. The van der Waals surface area contributed by atoms with E-state index >= 15 is 0 Å². The highest BCUT2D eigenvalue weighted by Gasteiger charge is 2.55. The molecule has 3 nitrogen and oxygen atoms in total. The van der Waals surface area contributed by atoms with Gasteiger partial charge in [0.1, 0.15) is 23.7 Å². The van der Waals surface area contributed by atoms with Crippen molar-refractivity contribution in [2.24, 2.45) is 10.8 Å². The highest BCUT2D eigenvalue weighted by Crippen LogP contribution is 2.55. The molecule has 0 aromatic heterocycles. The fraction of sp³-hybridized carbons (Fsp3) is 0.588. The summed E-state index contributed by atoms with van der Waals surface area (Å²) >= 11 is 0. The van der Waals surface area contributed by atoms with Gasteiger partial charge < -0.3 is 9.47 Å². The minimum absolute atomic E-state index is 0.173. The molecule has 0 atom stereocenters. The normalized spacial score (nSPS) is 19.9. The van der Waals surface area contributed by atoms with Crippen molar-refractivity contribution in [1.82, 2.24) is 0 Å². The Morgan fingerprint density at radius 3 is 2.25 bits per heavy atom. The second kappa shape index (κ2) is 4.70. The molecule has 0 heterocycles. The lowest BCUT2D eigenvalue weighted by Gasteiger charge is -2.56. The van der Waals surface area contributed by atoms with Crippen LogP contribution in [0.2, 0.25) is 0 Å². The maximum atomic E-state index is 9.10. The Hall–Kier alpha value is -1.69. The molecule has 108 valence electrons. The zero-order chi connectivity index (χ0) is 15.1. The SMILES string of the molecule is COc1c(C#N)ccc(OC2C(C)(C)CC2(C)C)c1C. The van der Waals surface area contributed by atoms with Crippen molar-refractivity contribution >= 4 is 0 Å². The fourth-order valence-electron chi connectivity index (χ4n) is 3.88. The molecule has 0 unspecified atom stereocenters. The molecule has 0 saturated heterocycles. The quantitative estimate of drug-likeness (QED) is 0.833. The predicted molar refractivity (Wildman–Crippen MR) is 79.0 cm³/mol. The van der Waals surface area contributed by atoms with Gasteiger partial charge in [0.15, 0.2) is 0 Å². The van der Waals surface area contributed by atoms with Crippen LogP contribution in [0.5, 0.6) is 11.5 Å². The molecule has 0 amide bonds. The molecule has 1 aliphatic rings. The highest BCUT2D eigenvalue weighted by atomic mass is 16.5. The molecule has 1 aromatic carbocycles. The second-order valence-corrected chi connectivity index (χ2v) is 7.03. The number of methoxy groups -OCH3 is 1. The van der Waals surface area contributed by atoms with E-state index < -0.39 is 0 Å². The maximum absolute atomic E-state index is 9.10. The van der Waals surface area contributed by atoms with E-state index in [9.17, 15) is 0 Å². The summed E-state index contributed by atoms with van der Waals surface area (Å²) in [7, 11) is 1.59. The van der Waals surface area contributed by atoms with Gasteiger partial charge in [0, 0.05) is 16.4 Å². The van der Waals surface area contributed by atoms with Crippen LogP contribution in [-0.4, -0.2) is 13.2 Å². The van der Waals surface area contributed by atoms with Crippen molar-refractivity contribution in [3.8, 4) is 17.6 Å². The number of nitriles is 1. The molecule has 1 aromatic rings. The molecule has 1 aliphatic carbocycles. The summed E-state index contributed by atoms with van der Waals surface area (Å²) in [6.07, 6.45) is 1.32. The van der Waals surface area contributed by atoms with Gasteiger partial charge in [0.25, 0.3) is 0 Å². The van der Waals surface area contributed by atoms with Crippen LogP contribution in [0.25, 0.3) is 0 Å². The average Bonchev–Trinajstić information content (AvgIpc) is 2.35. The number of hydrogen-bond donors (Lipinski definition) is 0. The van der Waals surface area contributed by atoms with E-state index in [4.69, 9.17) is 14.7 Å². The monoisotopic (exact) mass is 273 g/mol. The van der Waals surface area contributed by atoms with Gasteiger partial charge in [-0.2, -0.15) is 5.26 Å². The van der Waals surface area contributed by atoms with Gasteiger partial charge in [-0.1, -0.05) is 27.7 Å². The lowest BCUT2D eigenvalue weighted by Crippen LogP contribution is -2.58. The highest BCUT2D eigenvalue weighted by molar-refractivity contribution is 5.54. The van der Waals surface area contributed by atoms with Crippen molar-refractivity contribution in [1.29, 1.82) is 5.26 Å². The zero-order valence-corrected chi connectivity index (χ0v) is 13.2. The molecule has 0 bridgehead atoms. The second-order valence-electron chi connectivity index (χ2n) is 7.03. The van der Waals surface area contributed by atoms with Crippen LogP contribution in [-0.2, 0) is 0 Å². The largest absolute Gasteiger partial charge is 0.495 e. The van der Waals surface area contributed by atoms with Crippen molar-refractivity contribution in [3.63, 3.8) is 0 Å². The molecule has 3 heteroatoms. The number of rotatable bonds is 3. The molecule has 2 rings (SSSR count). The first-order valence-electron chi connectivity index (χ1n) is 6.97.